The van der Waals surface area contributed by atoms with Gasteiger partial charge < -0.3 is 33.9 Å². The van der Waals surface area contributed by atoms with Gasteiger partial charge in [-0.3, -0.25) is 9.69 Å². The van der Waals surface area contributed by atoms with Gasteiger partial charge in [0.1, 0.15) is 17.1 Å². The first-order chi connectivity index (χ1) is 29.0. The van der Waals surface area contributed by atoms with Gasteiger partial charge in [-0.1, -0.05) is 103 Å². The van der Waals surface area contributed by atoms with Crippen molar-refractivity contribution in [1.29, 1.82) is 0 Å². The fourth-order valence-electron chi connectivity index (χ4n) is 7.35. The van der Waals surface area contributed by atoms with E-state index in [1.54, 1.807) is 20.8 Å². The Labute approximate surface area is 350 Å². The Balaban J connectivity index is 1.03. The van der Waals surface area contributed by atoms with E-state index in [1.165, 1.54) is 0 Å². The van der Waals surface area contributed by atoms with Gasteiger partial charge in [-0.15, -0.1) is 0 Å². The molecule has 60 heavy (non-hydrogen) atoms. The van der Waals surface area contributed by atoms with E-state index >= 15 is 0 Å². The Morgan fingerprint density at radius 3 is 1.82 bits per heavy atom. The number of phosphoric ester groups is 1. The van der Waals surface area contributed by atoms with E-state index in [0.717, 1.165) is 51.1 Å². The van der Waals surface area contributed by atoms with Crippen molar-refractivity contribution < 1.29 is 42.3 Å². The highest BCUT2D eigenvalue weighted by Crippen LogP contribution is 2.61. The smallest absolute Gasteiger partial charge is 0.444 e. The summed E-state index contributed by atoms with van der Waals surface area (Å²) in [4.78, 5) is 35.6. The predicted molar refractivity (Wildman–Crippen MR) is 235 cm³/mol. The van der Waals surface area contributed by atoms with Crippen molar-refractivity contribution in [2.45, 2.75) is 52.1 Å². The normalized spacial score (nSPS) is 14.7. The molecule has 0 aliphatic carbocycles. The van der Waals surface area contributed by atoms with Crippen LogP contribution >= 0.6 is 7.82 Å². The number of unbranched alkanes of at least 4 members (excludes halogenated alkanes) is 1. The highest BCUT2D eigenvalue weighted by atomic mass is 31.2. The summed E-state index contributed by atoms with van der Waals surface area (Å²) in [5.41, 5.74) is 5.00. The number of nitrogens with one attached hydrogen (secondary N) is 2. The largest absolute Gasteiger partial charge is 0.584 e. The molecule has 1 aliphatic rings. The van der Waals surface area contributed by atoms with Gasteiger partial charge in [0.2, 0.25) is 5.91 Å². The molecule has 0 fully saturated rings. The second kappa shape index (κ2) is 19.1. The number of amides is 2. The third-order valence-corrected chi connectivity index (χ3v) is 10.8. The number of ether oxygens (including phenoxy) is 3. The first kappa shape index (κ1) is 42.4. The fraction of sp³-hybridized carbons (Fsp3) is 0.292. The number of carbonyl (C=O) groups is 2. The number of carbonyl (C=O) groups excluding carboxylic acids is 2. The van der Waals surface area contributed by atoms with Crippen LogP contribution in [0.3, 0.4) is 0 Å². The zero-order chi connectivity index (χ0) is 42.1. The van der Waals surface area contributed by atoms with Crippen molar-refractivity contribution in [1.82, 2.24) is 10.6 Å². The molecule has 3 N–H and O–H groups in total. The minimum atomic E-state index is -4.67. The first-order valence-corrected chi connectivity index (χ1v) is 21.8. The summed E-state index contributed by atoms with van der Waals surface area (Å²) in [5, 5.41) is 9.19. The Morgan fingerprint density at radius 2 is 1.20 bits per heavy atom. The molecule has 12 heteroatoms. The maximum Gasteiger partial charge on any atom is 0.584 e. The number of rotatable bonds is 16. The topological polar surface area (TPSA) is 142 Å². The number of phosphoric acid groups is 1. The number of hydrogen-bond donors (Lipinski definition) is 3. The summed E-state index contributed by atoms with van der Waals surface area (Å²) in [5.74, 6) is 0.553. The second-order valence-corrected chi connectivity index (χ2v) is 16.9. The molecule has 1 aliphatic heterocycles. The summed E-state index contributed by atoms with van der Waals surface area (Å²) in [7, 11) is -4.67. The quantitative estimate of drug-likeness (QED) is 0.0642. The maximum atomic E-state index is 13.9. The zero-order valence-corrected chi connectivity index (χ0v) is 35.1. The lowest BCUT2D eigenvalue weighted by molar-refractivity contribution is -0.121. The van der Waals surface area contributed by atoms with Crippen LogP contribution in [-0.4, -0.2) is 62.0 Å². The van der Waals surface area contributed by atoms with Gasteiger partial charge in [-0.25, -0.2) is 9.36 Å². The summed E-state index contributed by atoms with van der Waals surface area (Å²) < 4.78 is 42.3. The monoisotopic (exact) mass is 830 g/mol. The minimum Gasteiger partial charge on any atom is -0.444 e. The van der Waals surface area contributed by atoms with Crippen LogP contribution in [0.1, 0.15) is 45.6 Å². The molecule has 0 aromatic heterocycles. The number of fused-ring (bicyclic) bond motifs is 7. The van der Waals surface area contributed by atoms with Crippen LogP contribution in [0.5, 0.6) is 11.5 Å². The molecule has 6 aromatic carbocycles. The van der Waals surface area contributed by atoms with Crippen LogP contribution in [0, 0.1) is 0 Å². The van der Waals surface area contributed by atoms with Gasteiger partial charge in [0.05, 0.1) is 26.4 Å². The van der Waals surface area contributed by atoms with Crippen molar-refractivity contribution in [2.75, 3.05) is 39.5 Å². The summed E-state index contributed by atoms with van der Waals surface area (Å²) in [6.45, 7) is 7.64. The Bertz CT molecular complexity index is 2500. The van der Waals surface area contributed by atoms with E-state index in [2.05, 4.69) is 28.8 Å². The highest BCUT2D eigenvalue weighted by Gasteiger charge is 2.37. The molecule has 1 heterocycles. The van der Waals surface area contributed by atoms with Gasteiger partial charge in [0.15, 0.2) is 0 Å². The molecular formula is C48H51N2O9P. The van der Waals surface area contributed by atoms with Crippen molar-refractivity contribution in [2.24, 2.45) is 0 Å². The third-order valence-electron chi connectivity index (χ3n) is 9.97. The molecule has 0 saturated carbocycles. The van der Waals surface area contributed by atoms with Crippen LogP contribution in [0.15, 0.2) is 115 Å². The van der Waals surface area contributed by atoms with Gasteiger partial charge in [0.25, 0.3) is 0 Å². The molecular weight excluding hydrogens is 780 g/mol. The summed E-state index contributed by atoms with van der Waals surface area (Å²) >= 11 is 0. The average molecular weight is 831 g/mol. The van der Waals surface area contributed by atoms with Crippen LogP contribution in [-0.2, 0) is 30.0 Å². The average Bonchev–Trinajstić information content (AvgIpc) is 3.35. The third kappa shape index (κ3) is 10.7. The number of aryl methyl sites for hydroxylation is 1. The number of hydrogen-bond acceptors (Lipinski definition) is 8. The Kier molecular flexibility index (Phi) is 13.5. The maximum absolute atomic E-state index is 13.9. The van der Waals surface area contributed by atoms with E-state index in [1.807, 2.05) is 97.1 Å². The van der Waals surface area contributed by atoms with Gasteiger partial charge >= 0.3 is 13.9 Å². The summed E-state index contributed by atoms with van der Waals surface area (Å²) in [6, 6.07) is 37.8. The van der Waals surface area contributed by atoms with Crippen molar-refractivity contribution in [3.8, 4) is 44.9 Å². The second-order valence-electron chi connectivity index (χ2n) is 15.6. The van der Waals surface area contributed by atoms with E-state index in [-0.39, 0.29) is 11.7 Å². The lowest BCUT2D eigenvalue weighted by atomic mass is 9.86. The zero-order valence-electron chi connectivity index (χ0n) is 34.2. The van der Waals surface area contributed by atoms with Crippen LogP contribution in [0.2, 0.25) is 0 Å². The number of alkyl carbamates (subject to hydrolysis) is 1. The molecule has 1 atom stereocenters. The lowest BCUT2D eigenvalue weighted by Crippen LogP contribution is -2.34. The van der Waals surface area contributed by atoms with E-state index < -0.39 is 19.5 Å². The number of benzene rings is 6. The van der Waals surface area contributed by atoms with Gasteiger partial charge in [-0.2, -0.15) is 0 Å². The molecule has 0 spiro atoms. The Morgan fingerprint density at radius 1 is 0.650 bits per heavy atom. The first-order valence-electron chi connectivity index (χ1n) is 20.3. The fourth-order valence-corrected chi connectivity index (χ4v) is 8.23. The van der Waals surface area contributed by atoms with E-state index in [4.69, 9.17) is 23.3 Å². The molecule has 2 amide bonds. The molecule has 0 saturated heterocycles. The molecule has 312 valence electrons. The van der Waals surface area contributed by atoms with Crippen molar-refractivity contribution in [3.05, 3.63) is 121 Å². The van der Waals surface area contributed by atoms with Gasteiger partial charge in [0, 0.05) is 41.8 Å². The Hall–Kier alpha value is -5.71. The van der Waals surface area contributed by atoms with Crippen LogP contribution < -0.4 is 19.7 Å². The van der Waals surface area contributed by atoms with E-state index in [0.29, 0.717) is 80.4 Å². The molecule has 0 radical (unpaired) electrons. The molecule has 1 unspecified atom stereocenters. The standard InChI is InChI=1S/C48H51N2O9P/c1-48(2,3)57-47(52)50-25-27-56-29-28-55-26-24-49-42(51)21-13-10-14-33-22-23-39-37(30-33)32-41(35-17-8-5-9-18-35)46-44(39)43-38-20-12-11-19-36(38)31-40(34-15-6-4-7-16-34)45(43)58-60(53,54)59-46/h4-9,11-12,15-20,22-23,30-32H,10,13-14,21,24-29H2,1-3H3,(H,49,51)(H,50,52)(H,53,54). The molecule has 11 nitrogen and oxygen atoms in total. The minimum absolute atomic E-state index is 0.0269. The molecule has 7 rings (SSSR count). The lowest BCUT2D eigenvalue weighted by Gasteiger charge is -2.19. The van der Waals surface area contributed by atoms with Crippen molar-refractivity contribution in [3.63, 3.8) is 0 Å². The van der Waals surface area contributed by atoms with E-state index in [9.17, 15) is 19.0 Å². The van der Waals surface area contributed by atoms with Crippen LogP contribution in [0.25, 0.3) is 54.9 Å². The predicted octanol–water partition coefficient (Wildman–Crippen LogP) is 10.3. The summed E-state index contributed by atoms with van der Waals surface area (Å²) in [6.07, 6.45) is 2.21. The molecule has 0 bridgehead atoms. The van der Waals surface area contributed by atoms with Crippen molar-refractivity contribution >= 4 is 41.4 Å². The highest BCUT2D eigenvalue weighted by molar-refractivity contribution is 7.48. The SMILES string of the molecule is CC(C)(C)OC(=O)NCCOCCOCCNC(=O)CCCCc1ccc2c3c(c(-c4ccccc4)cc2c1)OP(=O)(O)Oc1c(-c2ccccc2)cc2ccccc2c1-3. The molecule has 6 aromatic rings. The van der Waals surface area contributed by atoms with Crippen LogP contribution in [0.4, 0.5) is 4.79 Å². The van der Waals surface area contributed by atoms with Gasteiger partial charge in [-0.05, 0) is 90.4 Å².